The minimum Gasteiger partial charge on any atom is -0.314 e. The molecule has 0 aromatic heterocycles. The van der Waals surface area contributed by atoms with E-state index in [0.717, 1.165) is 22.7 Å². The summed E-state index contributed by atoms with van der Waals surface area (Å²) >= 11 is 8.21. The van der Waals surface area contributed by atoms with E-state index in [9.17, 15) is 0 Å². The molecular weight excluding hydrogens is 286 g/mol. The molecule has 1 aromatic rings. The summed E-state index contributed by atoms with van der Waals surface area (Å²) in [6, 6.07) is 8.97. The van der Waals surface area contributed by atoms with Gasteiger partial charge in [0.05, 0.1) is 0 Å². The Labute approximate surface area is 132 Å². The molecule has 0 heterocycles. The van der Waals surface area contributed by atoms with Crippen molar-refractivity contribution in [3.63, 3.8) is 0 Å². The van der Waals surface area contributed by atoms with E-state index < -0.39 is 0 Å². The van der Waals surface area contributed by atoms with Crippen molar-refractivity contribution < 1.29 is 0 Å². The van der Waals surface area contributed by atoms with E-state index in [1.807, 2.05) is 23.9 Å². The lowest BCUT2D eigenvalue weighted by molar-refractivity contribution is 0.393. The van der Waals surface area contributed by atoms with Crippen molar-refractivity contribution in [2.75, 3.05) is 12.3 Å². The second-order valence-electron chi connectivity index (χ2n) is 5.68. The highest BCUT2D eigenvalue weighted by Gasteiger charge is 2.25. The van der Waals surface area contributed by atoms with E-state index >= 15 is 0 Å². The summed E-state index contributed by atoms with van der Waals surface area (Å²) in [6.07, 6.45) is 6.77. The van der Waals surface area contributed by atoms with E-state index in [0.29, 0.717) is 0 Å². The van der Waals surface area contributed by atoms with Gasteiger partial charge in [-0.3, -0.25) is 0 Å². The maximum Gasteiger partial charge on any atom is 0.0446 e. The molecule has 2 rings (SSSR count). The predicted octanol–water partition coefficient (Wildman–Crippen LogP) is 5.13. The van der Waals surface area contributed by atoms with Crippen LogP contribution >= 0.6 is 23.4 Å². The fourth-order valence-corrected chi connectivity index (χ4v) is 4.38. The van der Waals surface area contributed by atoms with Crippen molar-refractivity contribution in [2.24, 2.45) is 5.92 Å². The zero-order valence-corrected chi connectivity index (χ0v) is 14.0. The third-order valence-electron chi connectivity index (χ3n) is 4.16. The van der Waals surface area contributed by atoms with Crippen molar-refractivity contribution in [1.29, 1.82) is 0 Å². The number of benzene rings is 1. The molecule has 2 unspecified atom stereocenters. The summed E-state index contributed by atoms with van der Waals surface area (Å²) in [5, 5.41) is 4.62. The molecule has 112 valence electrons. The third-order valence-corrected chi connectivity index (χ3v) is 5.57. The quantitative estimate of drug-likeness (QED) is 0.668. The first-order valence-electron chi connectivity index (χ1n) is 7.85. The zero-order chi connectivity index (χ0) is 14.2. The topological polar surface area (TPSA) is 12.0 Å². The molecular formula is C17H26ClNS. The van der Waals surface area contributed by atoms with Crippen molar-refractivity contribution in [3.05, 3.63) is 34.9 Å². The number of rotatable bonds is 8. The summed E-state index contributed by atoms with van der Waals surface area (Å²) in [5.41, 5.74) is 1.27. The van der Waals surface area contributed by atoms with Crippen LogP contribution in [0.15, 0.2) is 24.3 Å². The minimum atomic E-state index is 0.774. The van der Waals surface area contributed by atoms with Crippen LogP contribution in [0.2, 0.25) is 5.02 Å². The molecule has 1 aromatic carbocycles. The van der Waals surface area contributed by atoms with E-state index in [1.54, 1.807) is 0 Å². The second-order valence-corrected chi connectivity index (χ2v) is 7.20. The van der Waals surface area contributed by atoms with Crippen LogP contribution in [0.3, 0.4) is 0 Å². The van der Waals surface area contributed by atoms with Crippen LogP contribution in [0.5, 0.6) is 0 Å². The number of hydrogen-bond donors (Lipinski definition) is 1. The highest BCUT2D eigenvalue weighted by molar-refractivity contribution is 7.98. The van der Waals surface area contributed by atoms with Gasteiger partial charge in [0.15, 0.2) is 0 Å². The van der Waals surface area contributed by atoms with Crippen LogP contribution in [-0.2, 0) is 5.75 Å². The van der Waals surface area contributed by atoms with Crippen LogP contribution in [0.4, 0.5) is 0 Å². The van der Waals surface area contributed by atoms with Crippen molar-refractivity contribution in [2.45, 2.75) is 50.8 Å². The van der Waals surface area contributed by atoms with Gasteiger partial charge in [-0.15, -0.1) is 0 Å². The molecule has 1 saturated carbocycles. The SMILES string of the molecule is CCCNC1CCCC1CCSCc1ccccc1Cl. The lowest BCUT2D eigenvalue weighted by atomic mass is 10.0. The number of hydrogen-bond acceptors (Lipinski definition) is 2. The van der Waals surface area contributed by atoms with Gasteiger partial charge in [-0.1, -0.05) is 43.1 Å². The fourth-order valence-electron chi connectivity index (χ4n) is 3.01. The summed E-state index contributed by atoms with van der Waals surface area (Å²) in [4.78, 5) is 0. The molecule has 2 atom stereocenters. The third kappa shape index (κ3) is 4.98. The van der Waals surface area contributed by atoms with Gasteiger partial charge in [-0.25, -0.2) is 0 Å². The number of halogens is 1. The molecule has 1 N–H and O–H groups in total. The van der Waals surface area contributed by atoms with Crippen LogP contribution < -0.4 is 5.32 Å². The zero-order valence-electron chi connectivity index (χ0n) is 12.4. The highest BCUT2D eigenvalue weighted by atomic mass is 35.5. The molecule has 0 aliphatic heterocycles. The van der Waals surface area contributed by atoms with E-state index in [-0.39, 0.29) is 0 Å². The van der Waals surface area contributed by atoms with E-state index in [2.05, 4.69) is 24.4 Å². The summed E-state index contributed by atoms with van der Waals surface area (Å²) < 4.78 is 0. The van der Waals surface area contributed by atoms with Gasteiger partial charge in [0, 0.05) is 16.8 Å². The lowest BCUT2D eigenvalue weighted by Gasteiger charge is -2.20. The average Bonchev–Trinajstić information content (AvgIpc) is 2.90. The Bertz CT molecular complexity index is 396. The number of thioether (sulfide) groups is 1. The van der Waals surface area contributed by atoms with E-state index in [1.165, 1.54) is 50.0 Å². The fraction of sp³-hybridized carbons (Fsp3) is 0.647. The van der Waals surface area contributed by atoms with Crippen LogP contribution in [0.1, 0.15) is 44.6 Å². The minimum absolute atomic E-state index is 0.774. The molecule has 0 radical (unpaired) electrons. The number of nitrogens with one attached hydrogen (secondary N) is 1. The smallest absolute Gasteiger partial charge is 0.0446 e. The van der Waals surface area contributed by atoms with Crippen LogP contribution in [-0.4, -0.2) is 18.3 Å². The maximum absolute atomic E-state index is 6.19. The van der Waals surface area contributed by atoms with Crippen molar-refractivity contribution in [1.82, 2.24) is 5.32 Å². The molecule has 1 fully saturated rings. The molecule has 1 aliphatic carbocycles. The Kier molecular flexibility index (Phi) is 7.26. The maximum atomic E-state index is 6.19. The Morgan fingerprint density at radius 1 is 1.30 bits per heavy atom. The van der Waals surface area contributed by atoms with Gasteiger partial charge in [0.1, 0.15) is 0 Å². The van der Waals surface area contributed by atoms with Crippen molar-refractivity contribution in [3.8, 4) is 0 Å². The summed E-state index contributed by atoms with van der Waals surface area (Å²) in [7, 11) is 0. The first kappa shape index (κ1) is 16.2. The molecule has 20 heavy (non-hydrogen) atoms. The standard InChI is InChI=1S/C17H26ClNS/c1-2-11-19-17-9-5-7-14(17)10-12-20-13-15-6-3-4-8-16(15)18/h3-4,6,8,14,17,19H,2,5,7,9-13H2,1H3. The molecule has 0 amide bonds. The van der Waals surface area contributed by atoms with Gasteiger partial charge < -0.3 is 5.32 Å². The van der Waals surface area contributed by atoms with Gasteiger partial charge >= 0.3 is 0 Å². The average molecular weight is 312 g/mol. The Hall–Kier alpha value is -0.180. The Morgan fingerprint density at radius 2 is 2.15 bits per heavy atom. The summed E-state index contributed by atoms with van der Waals surface area (Å²) in [6.45, 7) is 3.42. The Morgan fingerprint density at radius 3 is 2.95 bits per heavy atom. The lowest BCUT2D eigenvalue weighted by Crippen LogP contribution is -2.33. The predicted molar refractivity (Wildman–Crippen MR) is 91.7 cm³/mol. The second kappa shape index (κ2) is 8.96. The summed E-state index contributed by atoms with van der Waals surface area (Å²) in [5.74, 6) is 3.18. The molecule has 0 bridgehead atoms. The highest BCUT2D eigenvalue weighted by Crippen LogP contribution is 2.30. The molecule has 0 saturated heterocycles. The first-order valence-corrected chi connectivity index (χ1v) is 9.39. The van der Waals surface area contributed by atoms with Gasteiger partial charge in [-0.2, -0.15) is 11.8 Å². The molecule has 3 heteroatoms. The van der Waals surface area contributed by atoms with Gasteiger partial charge in [0.2, 0.25) is 0 Å². The molecule has 1 aliphatic rings. The Balaban J connectivity index is 1.66. The van der Waals surface area contributed by atoms with E-state index in [4.69, 9.17) is 11.6 Å². The molecule has 1 nitrogen and oxygen atoms in total. The monoisotopic (exact) mass is 311 g/mol. The normalized spacial score (nSPS) is 22.3. The first-order chi connectivity index (χ1) is 9.81. The van der Waals surface area contributed by atoms with Crippen molar-refractivity contribution >= 4 is 23.4 Å². The van der Waals surface area contributed by atoms with Gasteiger partial charge in [0.25, 0.3) is 0 Å². The largest absolute Gasteiger partial charge is 0.314 e. The van der Waals surface area contributed by atoms with Crippen LogP contribution in [0, 0.1) is 5.92 Å². The van der Waals surface area contributed by atoms with Crippen LogP contribution in [0.25, 0.3) is 0 Å². The molecule has 0 spiro atoms. The van der Waals surface area contributed by atoms with Gasteiger partial charge in [-0.05, 0) is 55.5 Å².